The second kappa shape index (κ2) is 10.7. The summed E-state index contributed by atoms with van der Waals surface area (Å²) < 4.78 is 25.8. The van der Waals surface area contributed by atoms with Gasteiger partial charge < -0.3 is 23.4 Å². The fourth-order valence-corrected chi connectivity index (χ4v) is 3.67. The zero-order chi connectivity index (χ0) is 24.0. The number of nitrogens with zero attached hydrogens (tertiary/aromatic N) is 1. The molecule has 0 aliphatic carbocycles. The molecule has 2 amide bonds. The summed E-state index contributed by atoms with van der Waals surface area (Å²) in [5.41, 5.74) is 0.590. The molecule has 1 aliphatic rings. The van der Waals surface area contributed by atoms with Crippen molar-refractivity contribution in [3.05, 3.63) is 52.3 Å². The number of thioether (sulfide) groups is 1. The Morgan fingerprint density at radius 1 is 1.12 bits per heavy atom. The number of carbonyl (C=O) groups is 4. The third-order valence-corrected chi connectivity index (χ3v) is 5.28. The van der Waals surface area contributed by atoms with Crippen LogP contribution in [0.25, 0.3) is 6.08 Å². The quantitative estimate of drug-likeness (QED) is 0.394. The number of rotatable bonds is 9. The largest absolute Gasteiger partial charge is 0.493 e. The van der Waals surface area contributed by atoms with Crippen molar-refractivity contribution >= 4 is 40.9 Å². The number of methoxy groups -OCH3 is 2. The van der Waals surface area contributed by atoms with Gasteiger partial charge >= 0.3 is 11.9 Å². The van der Waals surface area contributed by atoms with Gasteiger partial charge in [-0.3, -0.25) is 19.3 Å². The molecule has 33 heavy (non-hydrogen) atoms. The van der Waals surface area contributed by atoms with Gasteiger partial charge in [-0.2, -0.15) is 0 Å². The van der Waals surface area contributed by atoms with E-state index in [0.29, 0.717) is 22.8 Å². The normalized spacial score (nSPS) is 14.5. The molecule has 1 aromatic carbocycles. The van der Waals surface area contributed by atoms with E-state index >= 15 is 0 Å². The molecule has 2 aromatic rings. The van der Waals surface area contributed by atoms with E-state index in [9.17, 15) is 19.2 Å². The van der Waals surface area contributed by atoms with Crippen molar-refractivity contribution in [3.63, 3.8) is 0 Å². The Morgan fingerprint density at radius 3 is 2.61 bits per heavy atom. The van der Waals surface area contributed by atoms with Crippen LogP contribution in [0.1, 0.15) is 28.8 Å². The number of amides is 2. The minimum atomic E-state index is -0.653. The van der Waals surface area contributed by atoms with Crippen LogP contribution in [0.5, 0.6) is 11.5 Å². The number of imide groups is 1. The van der Waals surface area contributed by atoms with Crippen LogP contribution >= 0.6 is 11.8 Å². The molecular formula is C22H21NO9S. The van der Waals surface area contributed by atoms with Gasteiger partial charge in [-0.05, 0) is 54.6 Å². The predicted octanol–water partition coefficient (Wildman–Crippen LogP) is 3.25. The fourth-order valence-electron chi connectivity index (χ4n) is 2.83. The zero-order valence-corrected chi connectivity index (χ0v) is 18.9. The Morgan fingerprint density at radius 2 is 1.91 bits per heavy atom. The van der Waals surface area contributed by atoms with Gasteiger partial charge in [0.15, 0.2) is 11.5 Å². The first kappa shape index (κ1) is 23.9. The highest BCUT2D eigenvalue weighted by Gasteiger charge is 2.36. The molecule has 0 radical (unpaired) electrons. The minimum absolute atomic E-state index is 0.0411. The third-order valence-electron chi connectivity index (χ3n) is 4.37. The van der Waals surface area contributed by atoms with E-state index in [-0.39, 0.29) is 23.9 Å². The number of furan rings is 1. The molecule has 0 spiro atoms. The van der Waals surface area contributed by atoms with Crippen LogP contribution in [0.2, 0.25) is 0 Å². The monoisotopic (exact) mass is 475 g/mol. The highest BCUT2D eigenvalue weighted by Crippen LogP contribution is 2.34. The Balaban J connectivity index is 1.70. The minimum Gasteiger partial charge on any atom is -0.493 e. The molecule has 174 valence electrons. The zero-order valence-electron chi connectivity index (χ0n) is 18.1. The van der Waals surface area contributed by atoms with Crippen LogP contribution < -0.4 is 9.47 Å². The summed E-state index contributed by atoms with van der Waals surface area (Å²) in [6, 6.07) is 8.03. The second-order valence-electron chi connectivity index (χ2n) is 6.53. The first-order valence-corrected chi connectivity index (χ1v) is 10.6. The van der Waals surface area contributed by atoms with Crippen molar-refractivity contribution in [1.29, 1.82) is 0 Å². The Labute approximate surface area is 193 Å². The summed E-state index contributed by atoms with van der Waals surface area (Å²) in [6.07, 6.45) is 1.53. The number of esters is 2. The number of ether oxygens (including phenoxy) is 4. The van der Waals surface area contributed by atoms with Crippen molar-refractivity contribution in [2.24, 2.45) is 0 Å². The summed E-state index contributed by atoms with van der Waals surface area (Å²) in [4.78, 5) is 48.8. The van der Waals surface area contributed by atoms with Gasteiger partial charge in [-0.15, -0.1) is 0 Å². The summed E-state index contributed by atoms with van der Waals surface area (Å²) in [7, 11) is 2.72. The lowest BCUT2D eigenvalue weighted by Crippen LogP contribution is -2.34. The molecule has 0 bridgehead atoms. The van der Waals surface area contributed by atoms with Gasteiger partial charge in [-0.1, -0.05) is 6.07 Å². The topological polar surface area (TPSA) is 122 Å². The van der Waals surface area contributed by atoms with Gasteiger partial charge in [-0.25, -0.2) is 4.79 Å². The van der Waals surface area contributed by atoms with Crippen molar-refractivity contribution in [2.75, 3.05) is 27.4 Å². The lowest BCUT2D eigenvalue weighted by Gasteiger charge is -2.11. The van der Waals surface area contributed by atoms with Crippen LogP contribution in [0, 0.1) is 0 Å². The van der Waals surface area contributed by atoms with Crippen LogP contribution in [0.15, 0.2) is 39.7 Å². The maximum absolute atomic E-state index is 12.5. The molecule has 0 saturated carbocycles. The third kappa shape index (κ3) is 5.75. The van der Waals surface area contributed by atoms with Gasteiger partial charge in [0.05, 0.1) is 25.7 Å². The molecule has 1 aliphatic heterocycles. The first-order chi connectivity index (χ1) is 15.9. The predicted molar refractivity (Wildman–Crippen MR) is 117 cm³/mol. The van der Waals surface area contributed by atoms with Gasteiger partial charge in [0.1, 0.15) is 18.9 Å². The maximum Gasteiger partial charge on any atom is 0.373 e. The molecule has 2 heterocycles. The number of benzene rings is 1. The second-order valence-corrected chi connectivity index (χ2v) is 7.52. The standard InChI is InChI=1S/C22H21NO9S/c1-4-30-19(24)11-23-20(25)18(33-22(23)27)10-13-5-7-15(17(9-13)28-2)31-12-14-6-8-16(32-14)21(26)29-3/h5-10H,4,11-12H2,1-3H3. The highest BCUT2D eigenvalue weighted by molar-refractivity contribution is 8.18. The fraction of sp³-hybridized carbons (Fsp3) is 0.273. The Hall–Kier alpha value is -3.73. The van der Waals surface area contributed by atoms with E-state index in [1.165, 1.54) is 26.4 Å². The molecule has 11 heteroatoms. The highest BCUT2D eigenvalue weighted by atomic mass is 32.2. The van der Waals surface area contributed by atoms with Crippen LogP contribution in [0.3, 0.4) is 0 Å². The number of hydrogen-bond donors (Lipinski definition) is 0. The van der Waals surface area contributed by atoms with E-state index in [1.807, 2.05) is 0 Å². The van der Waals surface area contributed by atoms with Gasteiger partial charge in [0, 0.05) is 0 Å². The van der Waals surface area contributed by atoms with Crippen LogP contribution in [-0.2, 0) is 25.7 Å². The number of hydrogen-bond acceptors (Lipinski definition) is 10. The van der Waals surface area contributed by atoms with E-state index in [4.69, 9.17) is 18.6 Å². The van der Waals surface area contributed by atoms with Gasteiger partial charge in [0.25, 0.3) is 11.1 Å². The van der Waals surface area contributed by atoms with E-state index in [1.54, 1.807) is 31.2 Å². The SMILES string of the molecule is CCOC(=O)CN1C(=O)SC(=Cc2ccc(OCc3ccc(C(=O)OC)o3)c(OC)c2)C1=O. The molecule has 10 nitrogen and oxygen atoms in total. The summed E-state index contributed by atoms with van der Waals surface area (Å²) in [5.74, 6) is -0.548. The molecule has 0 N–H and O–H groups in total. The van der Waals surface area contributed by atoms with Crippen LogP contribution in [-0.4, -0.2) is 55.4 Å². The Kier molecular flexibility index (Phi) is 7.78. The van der Waals surface area contributed by atoms with E-state index < -0.39 is 29.6 Å². The Bertz CT molecular complexity index is 1110. The first-order valence-electron chi connectivity index (χ1n) is 9.75. The molecule has 1 fully saturated rings. The molecule has 3 rings (SSSR count). The van der Waals surface area contributed by atoms with Crippen LogP contribution in [0.4, 0.5) is 4.79 Å². The van der Waals surface area contributed by atoms with Crippen molar-refractivity contribution in [3.8, 4) is 11.5 Å². The van der Waals surface area contributed by atoms with Crippen molar-refractivity contribution in [1.82, 2.24) is 4.90 Å². The average molecular weight is 475 g/mol. The number of carbonyl (C=O) groups excluding carboxylic acids is 4. The molecular weight excluding hydrogens is 454 g/mol. The molecule has 0 atom stereocenters. The summed E-state index contributed by atoms with van der Waals surface area (Å²) >= 11 is 0.737. The summed E-state index contributed by atoms with van der Waals surface area (Å²) in [6.45, 7) is 1.40. The van der Waals surface area contributed by atoms with Crippen molar-refractivity contribution in [2.45, 2.75) is 13.5 Å². The smallest absolute Gasteiger partial charge is 0.373 e. The molecule has 1 aromatic heterocycles. The average Bonchev–Trinajstić information content (AvgIpc) is 3.38. The van der Waals surface area contributed by atoms with E-state index in [2.05, 4.69) is 4.74 Å². The molecule has 0 unspecified atom stereocenters. The van der Waals surface area contributed by atoms with E-state index in [0.717, 1.165) is 16.7 Å². The lowest BCUT2D eigenvalue weighted by molar-refractivity contribution is -0.145. The van der Waals surface area contributed by atoms with Crippen molar-refractivity contribution < 1.29 is 42.5 Å². The summed E-state index contributed by atoms with van der Waals surface area (Å²) in [5, 5.41) is -0.545. The van der Waals surface area contributed by atoms with Gasteiger partial charge in [0.2, 0.25) is 5.76 Å². The lowest BCUT2D eigenvalue weighted by atomic mass is 10.2. The maximum atomic E-state index is 12.5. The molecule has 1 saturated heterocycles.